The van der Waals surface area contributed by atoms with E-state index in [2.05, 4.69) is 11.9 Å². The second-order valence-corrected chi connectivity index (χ2v) is 5.13. The molecule has 1 aromatic rings. The topological polar surface area (TPSA) is 86.7 Å². The average Bonchev–Trinajstić information content (AvgIpc) is 2.72. The van der Waals surface area contributed by atoms with E-state index in [1.54, 1.807) is 24.3 Å². The molecule has 1 aromatic carbocycles. The first-order valence-electron chi connectivity index (χ1n) is 7.08. The highest BCUT2D eigenvalue weighted by Crippen LogP contribution is 2.30. The molecule has 0 spiro atoms. The summed E-state index contributed by atoms with van der Waals surface area (Å²) in [5, 5.41) is 11.5. The van der Waals surface area contributed by atoms with E-state index >= 15 is 0 Å². The Bertz CT molecular complexity index is 604. The van der Waals surface area contributed by atoms with Crippen LogP contribution in [0.4, 0.5) is 0 Å². The molecule has 0 aromatic heterocycles. The molecule has 1 aliphatic rings. The molecule has 0 saturated heterocycles. The van der Waals surface area contributed by atoms with Crippen LogP contribution in [0.1, 0.15) is 35.7 Å². The predicted molar refractivity (Wildman–Crippen MR) is 81.0 cm³/mol. The fourth-order valence-corrected chi connectivity index (χ4v) is 2.43. The van der Waals surface area contributed by atoms with Gasteiger partial charge in [0.2, 0.25) is 5.91 Å². The van der Waals surface area contributed by atoms with Gasteiger partial charge in [-0.05, 0) is 12.5 Å². The lowest BCUT2D eigenvalue weighted by Crippen LogP contribution is -2.45. The van der Waals surface area contributed by atoms with Crippen molar-refractivity contribution in [2.45, 2.75) is 25.8 Å². The van der Waals surface area contributed by atoms with Crippen LogP contribution >= 0.6 is 0 Å². The fraction of sp³-hybridized carbons (Fsp3) is 0.312. The lowest BCUT2D eigenvalue weighted by atomic mass is 10.1. The summed E-state index contributed by atoms with van der Waals surface area (Å²) in [4.78, 5) is 36.6. The molecule has 0 aliphatic carbocycles. The van der Waals surface area contributed by atoms with Crippen molar-refractivity contribution in [3.05, 3.63) is 42.0 Å². The molecular weight excluding hydrogens is 284 g/mol. The Morgan fingerprint density at radius 1 is 1.32 bits per heavy atom. The second kappa shape index (κ2) is 6.43. The van der Waals surface area contributed by atoms with Crippen LogP contribution in [0.5, 0.6) is 0 Å². The molecule has 0 radical (unpaired) electrons. The molecule has 2 amide bonds. The number of carboxylic acid groups (broad SMARTS) is 1. The predicted octanol–water partition coefficient (Wildman–Crippen LogP) is 1.48. The normalized spacial score (nSPS) is 14.7. The molecule has 0 bridgehead atoms. The number of amides is 2. The number of nitrogens with one attached hydrogen (secondary N) is 1. The Labute approximate surface area is 128 Å². The number of rotatable bonds is 6. The van der Waals surface area contributed by atoms with Gasteiger partial charge in [-0.1, -0.05) is 38.1 Å². The summed E-state index contributed by atoms with van der Waals surface area (Å²) in [6, 6.07) is 6.05. The third kappa shape index (κ3) is 3.00. The van der Waals surface area contributed by atoms with Crippen molar-refractivity contribution in [1.29, 1.82) is 0 Å². The van der Waals surface area contributed by atoms with Gasteiger partial charge in [0.15, 0.2) is 0 Å². The van der Waals surface area contributed by atoms with Gasteiger partial charge in [0.1, 0.15) is 12.6 Å². The number of nitrogens with zero attached hydrogens (tertiary/aromatic N) is 1. The summed E-state index contributed by atoms with van der Waals surface area (Å²) < 4.78 is 0. The first-order valence-corrected chi connectivity index (χ1v) is 7.08. The molecule has 1 atom stereocenters. The van der Waals surface area contributed by atoms with Crippen LogP contribution in [-0.4, -0.2) is 40.4 Å². The number of aliphatic carboxylic acids is 1. The number of carbonyl (C=O) groups is 3. The maximum Gasteiger partial charge on any atom is 0.326 e. The summed E-state index contributed by atoms with van der Waals surface area (Å²) in [6.45, 7) is 5.44. The number of carbonyl (C=O) groups excluding carboxylic acids is 2. The zero-order chi connectivity index (χ0) is 16.3. The zero-order valence-electron chi connectivity index (χ0n) is 12.3. The van der Waals surface area contributed by atoms with Crippen molar-refractivity contribution in [2.24, 2.45) is 0 Å². The third-order valence-corrected chi connectivity index (χ3v) is 3.55. The molecule has 0 fully saturated rings. The van der Waals surface area contributed by atoms with Crippen molar-refractivity contribution in [1.82, 2.24) is 10.2 Å². The zero-order valence-corrected chi connectivity index (χ0v) is 12.3. The first-order chi connectivity index (χ1) is 10.5. The van der Waals surface area contributed by atoms with Crippen LogP contribution in [0.25, 0.3) is 5.70 Å². The fourth-order valence-electron chi connectivity index (χ4n) is 2.43. The van der Waals surface area contributed by atoms with E-state index in [9.17, 15) is 14.4 Å². The van der Waals surface area contributed by atoms with Crippen LogP contribution in [-0.2, 0) is 9.59 Å². The van der Waals surface area contributed by atoms with E-state index in [0.29, 0.717) is 29.7 Å². The Hall–Kier alpha value is -2.63. The van der Waals surface area contributed by atoms with Gasteiger partial charge in [-0.2, -0.15) is 0 Å². The monoisotopic (exact) mass is 302 g/mol. The first kappa shape index (κ1) is 15.8. The van der Waals surface area contributed by atoms with E-state index in [1.165, 1.54) is 4.90 Å². The smallest absolute Gasteiger partial charge is 0.326 e. The summed E-state index contributed by atoms with van der Waals surface area (Å²) in [5.74, 6) is -1.88. The van der Waals surface area contributed by atoms with Crippen molar-refractivity contribution in [2.75, 3.05) is 6.54 Å². The summed E-state index contributed by atoms with van der Waals surface area (Å²) in [6.07, 6.45) is 0.980. The van der Waals surface area contributed by atoms with Crippen LogP contribution < -0.4 is 5.32 Å². The average molecular weight is 302 g/mol. The highest BCUT2D eigenvalue weighted by molar-refractivity contribution is 6.10. The van der Waals surface area contributed by atoms with E-state index in [1.807, 2.05) is 6.92 Å². The minimum absolute atomic E-state index is 0.236. The minimum atomic E-state index is -1.08. The van der Waals surface area contributed by atoms with Gasteiger partial charge in [-0.15, -0.1) is 0 Å². The van der Waals surface area contributed by atoms with Crippen molar-refractivity contribution in [3.63, 3.8) is 0 Å². The molecule has 6 heteroatoms. The van der Waals surface area contributed by atoms with Crippen LogP contribution in [0, 0.1) is 0 Å². The van der Waals surface area contributed by atoms with Gasteiger partial charge in [-0.3, -0.25) is 14.5 Å². The molecule has 6 nitrogen and oxygen atoms in total. The van der Waals surface area contributed by atoms with Crippen LogP contribution in [0.3, 0.4) is 0 Å². The molecular formula is C16H18N2O4. The SMILES string of the molecule is C=C1c2ccccc2C(=O)N1CC(=O)NC(CCC)C(=O)O. The highest BCUT2D eigenvalue weighted by atomic mass is 16.4. The second-order valence-electron chi connectivity index (χ2n) is 5.13. The van der Waals surface area contributed by atoms with Gasteiger partial charge < -0.3 is 10.4 Å². The van der Waals surface area contributed by atoms with E-state index in [0.717, 1.165) is 0 Å². The largest absolute Gasteiger partial charge is 0.480 e. The highest BCUT2D eigenvalue weighted by Gasteiger charge is 2.32. The van der Waals surface area contributed by atoms with Crippen molar-refractivity contribution >= 4 is 23.5 Å². The van der Waals surface area contributed by atoms with E-state index in [-0.39, 0.29) is 12.5 Å². The number of hydrogen-bond donors (Lipinski definition) is 2. The van der Waals surface area contributed by atoms with Crippen molar-refractivity contribution in [3.8, 4) is 0 Å². The summed E-state index contributed by atoms with van der Waals surface area (Å²) >= 11 is 0. The Kier molecular flexibility index (Phi) is 4.60. The quantitative estimate of drug-likeness (QED) is 0.833. The van der Waals surface area contributed by atoms with Crippen LogP contribution in [0.2, 0.25) is 0 Å². The molecule has 1 aliphatic heterocycles. The molecule has 116 valence electrons. The molecule has 1 heterocycles. The van der Waals surface area contributed by atoms with Gasteiger partial charge in [0.05, 0.1) is 0 Å². The molecule has 2 N–H and O–H groups in total. The number of benzene rings is 1. The van der Waals surface area contributed by atoms with E-state index < -0.39 is 17.9 Å². The Morgan fingerprint density at radius 3 is 2.50 bits per heavy atom. The van der Waals surface area contributed by atoms with Crippen LogP contribution in [0.15, 0.2) is 30.8 Å². The number of hydrogen-bond acceptors (Lipinski definition) is 3. The summed E-state index contributed by atoms with van der Waals surface area (Å²) in [7, 11) is 0. The molecule has 22 heavy (non-hydrogen) atoms. The number of carboxylic acids is 1. The van der Waals surface area contributed by atoms with Gasteiger partial charge >= 0.3 is 5.97 Å². The van der Waals surface area contributed by atoms with Gasteiger partial charge in [-0.25, -0.2) is 4.79 Å². The minimum Gasteiger partial charge on any atom is -0.480 e. The third-order valence-electron chi connectivity index (χ3n) is 3.55. The van der Waals surface area contributed by atoms with Gasteiger partial charge in [0.25, 0.3) is 5.91 Å². The van der Waals surface area contributed by atoms with Crippen molar-refractivity contribution < 1.29 is 19.5 Å². The Balaban J connectivity index is 2.06. The molecule has 1 unspecified atom stereocenters. The molecule has 0 saturated carbocycles. The van der Waals surface area contributed by atoms with Gasteiger partial charge in [0, 0.05) is 16.8 Å². The molecule has 2 rings (SSSR count). The van der Waals surface area contributed by atoms with E-state index in [4.69, 9.17) is 5.11 Å². The maximum atomic E-state index is 12.3. The summed E-state index contributed by atoms with van der Waals surface area (Å²) in [5.41, 5.74) is 1.66. The standard InChI is InChI=1S/C16H18N2O4/c1-3-6-13(16(21)22)17-14(19)9-18-10(2)11-7-4-5-8-12(11)15(18)20/h4-5,7-8,13H,2-3,6,9H2,1H3,(H,17,19)(H,21,22). The number of fused-ring (bicyclic) bond motifs is 1. The lowest BCUT2D eigenvalue weighted by molar-refractivity contribution is -0.142. The maximum absolute atomic E-state index is 12.3. The Morgan fingerprint density at radius 2 is 1.95 bits per heavy atom. The lowest BCUT2D eigenvalue weighted by Gasteiger charge is -2.19.